The number of hydrogen-bond donors (Lipinski definition) is 1. The van der Waals surface area contributed by atoms with Gasteiger partial charge in [0.1, 0.15) is 6.04 Å². The Hall–Kier alpha value is -2.82. The van der Waals surface area contributed by atoms with Crippen LogP contribution in [-0.4, -0.2) is 42.4 Å². The molecule has 31 heavy (non-hydrogen) atoms. The van der Waals surface area contributed by atoms with Crippen molar-refractivity contribution < 1.29 is 9.59 Å². The maximum Gasteiger partial charge on any atom is 0.243 e. The first kappa shape index (κ1) is 22.9. The molecule has 2 aromatic carbocycles. The predicted octanol–water partition coefficient (Wildman–Crippen LogP) is 4.02. The van der Waals surface area contributed by atoms with Gasteiger partial charge in [-0.05, 0) is 43.0 Å². The average molecular weight is 422 g/mol. The van der Waals surface area contributed by atoms with Crippen LogP contribution in [0.4, 0.5) is 5.69 Å². The highest BCUT2D eigenvalue weighted by Crippen LogP contribution is 2.25. The number of anilines is 1. The van der Waals surface area contributed by atoms with Crippen LogP contribution in [0.1, 0.15) is 44.7 Å². The number of para-hydroxylation sites is 1. The van der Waals surface area contributed by atoms with Gasteiger partial charge in [-0.15, -0.1) is 0 Å². The summed E-state index contributed by atoms with van der Waals surface area (Å²) in [5.74, 6) is -0.0585. The third-order valence-corrected chi connectivity index (χ3v) is 6.28. The Balaban J connectivity index is 1.61. The number of hydrogen-bond acceptors (Lipinski definition) is 3. The van der Waals surface area contributed by atoms with Crippen molar-refractivity contribution in [2.75, 3.05) is 24.5 Å². The molecule has 0 bridgehead atoms. The SMILES string of the molecule is CC[C@@H](C)C(=O)N1Cc2ccccc2C[C@@H]1C(=O)NCCCN(CC)c1ccccc1. The van der Waals surface area contributed by atoms with Crippen LogP contribution < -0.4 is 10.2 Å². The molecular weight excluding hydrogens is 386 g/mol. The summed E-state index contributed by atoms with van der Waals surface area (Å²) in [6.45, 7) is 9.02. The molecule has 2 amide bonds. The van der Waals surface area contributed by atoms with Gasteiger partial charge in [0.05, 0.1) is 0 Å². The zero-order valence-corrected chi connectivity index (χ0v) is 19.0. The van der Waals surface area contributed by atoms with Gasteiger partial charge in [0.25, 0.3) is 0 Å². The molecular formula is C26H35N3O2. The van der Waals surface area contributed by atoms with Gasteiger partial charge in [-0.3, -0.25) is 9.59 Å². The molecule has 2 atom stereocenters. The van der Waals surface area contributed by atoms with Crippen LogP contribution in [0.15, 0.2) is 54.6 Å². The van der Waals surface area contributed by atoms with E-state index < -0.39 is 6.04 Å². The lowest BCUT2D eigenvalue weighted by atomic mass is 9.92. The maximum absolute atomic E-state index is 13.1. The molecule has 0 saturated carbocycles. The fourth-order valence-electron chi connectivity index (χ4n) is 4.15. The molecule has 0 saturated heterocycles. The summed E-state index contributed by atoms with van der Waals surface area (Å²) in [6, 6.07) is 18.0. The maximum atomic E-state index is 13.1. The molecule has 1 aliphatic heterocycles. The molecule has 5 heteroatoms. The van der Waals surface area contributed by atoms with Crippen LogP contribution in [0.25, 0.3) is 0 Å². The summed E-state index contributed by atoms with van der Waals surface area (Å²) in [7, 11) is 0. The molecule has 0 aliphatic carbocycles. The number of benzene rings is 2. The third-order valence-electron chi connectivity index (χ3n) is 6.28. The van der Waals surface area contributed by atoms with Crippen molar-refractivity contribution in [3.05, 3.63) is 65.7 Å². The highest BCUT2D eigenvalue weighted by atomic mass is 16.2. The molecule has 0 aromatic heterocycles. The second kappa shape index (κ2) is 11.0. The van der Waals surface area contributed by atoms with E-state index in [0.29, 0.717) is 19.5 Å². The topological polar surface area (TPSA) is 52.7 Å². The van der Waals surface area contributed by atoms with E-state index in [-0.39, 0.29) is 17.7 Å². The van der Waals surface area contributed by atoms with E-state index in [1.54, 1.807) is 4.90 Å². The highest BCUT2D eigenvalue weighted by molar-refractivity contribution is 5.89. The molecule has 5 nitrogen and oxygen atoms in total. The number of carbonyl (C=O) groups is 2. The summed E-state index contributed by atoms with van der Waals surface area (Å²) in [6.07, 6.45) is 2.21. The van der Waals surface area contributed by atoms with Crippen molar-refractivity contribution in [3.63, 3.8) is 0 Å². The van der Waals surface area contributed by atoms with Crippen molar-refractivity contribution in [1.29, 1.82) is 0 Å². The third kappa shape index (κ3) is 5.66. The number of amides is 2. The number of rotatable bonds is 9. The largest absolute Gasteiger partial charge is 0.372 e. The lowest BCUT2D eigenvalue weighted by Gasteiger charge is -2.37. The van der Waals surface area contributed by atoms with Crippen LogP contribution in [-0.2, 0) is 22.6 Å². The molecule has 2 aromatic rings. The summed E-state index contributed by atoms with van der Waals surface area (Å²) >= 11 is 0. The summed E-state index contributed by atoms with van der Waals surface area (Å²) in [4.78, 5) is 30.2. The van der Waals surface area contributed by atoms with Gasteiger partial charge in [0, 0.05) is 44.2 Å². The fourth-order valence-corrected chi connectivity index (χ4v) is 4.15. The number of nitrogens with zero attached hydrogens (tertiary/aromatic N) is 2. The van der Waals surface area contributed by atoms with Gasteiger partial charge < -0.3 is 15.1 Å². The molecule has 1 heterocycles. The minimum atomic E-state index is -0.437. The number of fused-ring (bicyclic) bond motifs is 1. The lowest BCUT2D eigenvalue weighted by Crippen LogP contribution is -2.54. The highest BCUT2D eigenvalue weighted by Gasteiger charge is 2.35. The molecule has 1 aliphatic rings. The van der Waals surface area contributed by atoms with Crippen molar-refractivity contribution in [2.45, 2.75) is 52.6 Å². The van der Waals surface area contributed by atoms with Crippen molar-refractivity contribution in [2.24, 2.45) is 5.92 Å². The van der Waals surface area contributed by atoms with Crippen LogP contribution >= 0.6 is 0 Å². The summed E-state index contributed by atoms with van der Waals surface area (Å²) in [5.41, 5.74) is 3.51. The molecule has 0 unspecified atom stereocenters. The standard InChI is InChI=1S/C26H35N3O2/c1-4-20(3)26(31)29-19-22-13-10-9-12-21(22)18-24(29)25(30)27-16-11-17-28(5-2)23-14-7-6-8-15-23/h6-10,12-15,20,24H,4-5,11,16-19H2,1-3H3,(H,27,30)/t20-,24-/m1/s1. The Morgan fingerprint density at radius 1 is 1.06 bits per heavy atom. The van der Waals surface area contributed by atoms with E-state index in [0.717, 1.165) is 37.1 Å². The Bertz CT molecular complexity index is 868. The second-order valence-electron chi connectivity index (χ2n) is 8.32. The Morgan fingerprint density at radius 2 is 1.74 bits per heavy atom. The lowest BCUT2D eigenvalue weighted by molar-refractivity contribution is -0.144. The summed E-state index contributed by atoms with van der Waals surface area (Å²) < 4.78 is 0. The van der Waals surface area contributed by atoms with Crippen LogP contribution in [0.3, 0.4) is 0 Å². The number of carbonyl (C=O) groups excluding carboxylic acids is 2. The Morgan fingerprint density at radius 3 is 2.42 bits per heavy atom. The monoisotopic (exact) mass is 421 g/mol. The van der Waals surface area contributed by atoms with Crippen molar-refractivity contribution >= 4 is 17.5 Å². The van der Waals surface area contributed by atoms with E-state index in [1.807, 2.05) is 44.2 Å². The first-order chi connectivity index (χ1) is 15.0. The smallest absolute Gasteiger partial charge is 0.243 e. The quantitative estimate of drug-likeness (QED) is 0.622. The minimum absolute atomic E-state index is 0.0473. The molecule has 0 fully saturated rings. The van der Waals surface area contributed by atoms with E-state index in [2.05, 4.69) is 41.4 Å². The van der Waals surface area contributed by atoms with E-state index in [4.69, 9.17) is 0 Å². The van der Waals surface area contributed by atoms with Crippen LogP contribution in [0, 0.1) is 5.92 Å². The van der Waals surface area contributed by atoms with E-state index >= 15 is 0 Å². The van der Waals surface area contributed by atoms with Gasteiger partial charge in [0.2, 0.25) is 11.8 Å². The van der Waals surface area contributed by atoms with Gasteiger partial charge >= 0.3 is 0 Å². The zero-order valence-electron chi connectivity index (χ0n) is 19.0. The second-order valence-corrected chi connectivity index (χ2v) is 8.32. The summed E-state index contributed by atoms with van der Waals surface area (Å²) in [5, 5.41) is 3.10. The zero-order chi connectivity index (χ0) is 22.2. The van der Waals surface area contributed by atoms with Gasteiger partial charge in [-0.2, -0.15) is 0 Å². The Kier molecular flexibility index (Phi) is 8.10. The number of nitrogens with one attached hydrogen (secondary N) is 1. The molecule has 166 valence electrons. The molecule has 3 rings (SSSR count). The van der Waals surface area contributed by atoms with Gasteiger partial charge in [-0.25, -0.2) is 0 Å². The van der Waals surface area contributed by atoms with Crippen LogP contribution in [0.2, 0.25) is 0 Å². The average Bonchev–Trinajstić information content (AvgIpc) is 2.82. The predicted molar refractivity (Wildman–Crippen MR) is 126 cm³/mol. The molecule has 0 radical (unpaired) electrons. The minimum Gasteiger partial charge on any atom is -0.372 e. The van der Waals surface area contributed by atoms with Crippen molar-refractivity contribution in [3.8, 4) is 0 Å². The van der Waals surface area contributed by atoms with Crippen LogP contribution in [0.5, 0.6) is 0 Å². The van der Waals surface area contributed by atoms with E-state index in [1.165, 1.54) is 5.69 Å². The van der Waals surface area contributed by atoms with Gasteiger partial charge in [-0.1, -0.05) is 56.3 Å². The van der Waals surface area contributed by atoms with Crippen molar-refractivity contribution in [1.82, 2.24) is 10.2 Å². The normalized spacial score (nSPS) is 16.4. The first-order valence-corrected chi connectivity index (χ1v) is 11.5. The first-order valence-electron chi connectivity index (χ1n) is 11.5. The fraction of sp³-hybridized carbons (Fsp3) is 0.462. The molecule has 0 spiro atoms. The van der Waals surface area contributed by atoms with E-state index in [9.17, 15) is 9.59 Å². The molecule has 1 N–H and O–H groups in total. The van der Waals surface area contributed by atoms with Gasteiger partial charge in [0.15, 0.2) is 0 Å². The Labute approximate surface area is 186 Å².